The maximum atomic E-state index is 12.2. The van der Waals surface area contributed by atoms with E-state index in [9.17, 15) is 4.79 Å². The molecule has 27 heavy (non-hydrogen) atoms. The number of piperidine rings is 1. The van der Waals surface area contributed by atoms with Gasteiger partial charge < -0.3 is 10.1 Å². The van der Waals surface area contributed by atoms with Gasteiger partial charge in [-0.3, -0.25) is 14.4 Å². The molecule has 0 aliphatic carbocycles. The first-order valence-corrected chi connectivity index (χ1v) is 9.83. The van der Waals surface area contributed by atoms with Gasteiger partial charge in [0.1, 0.15) is 0 Å². The molecular weight excluding hydrogens is 340 g/mol. The molecule has 1 amide bonds. The zero-order valence-corrected chi connectivity index (χ0v) is 15.9. The zero-order chi connectivity index (χ0) is 18.7. The normalized spacial score (nSPS) is 22.2. The third-order valence-electron chi connectivity index (χ3n) is 5.80. The standard InChI is InChI=1S/C21H28N4O2/c1-24-15-17(13-23-24)16-25-11-9-21(10-12-25)8-7-19(27-21)14-22-20(26)18-5-3-2-4-6-18/h2-6,13,15,19H,7-12,14,16H2,1H3,(H,22,26). The molecule has 0 radical (unpaired) electrons. The monoisotopic (exact) mass is 368 g/mol. The van der Waals surface area contributed by atoms with Crippen LogP contribution in [-0.4, -0.2) is 51.9 Å². The quantitative estimate of drug-likeness (QED) is 0.880. The van der Waals surface area contributed by atoms with Crippen LogP contribution in [0.4, 0.5) is 0 Å². The number of amides is 1. The summed E-state index contributed by atoms with van der Waals surface area (Å²) in [6.07, 6.45) is 8.41. The van der Waals surface area contributed by atoms with Crippen molar-refractivity contribution >= 4 is 5.91 Å². The average molecular weight is 368 g/mol. The van der Waals surface area contributed by atoms with Gasteiger partial charge in [-0.1, -0.05) is 18.2 Å². The number of aromatic nitrogens is 2. The molecule has 1 unspecified atom stereocenters. The van der Waals surface area contributed by atoms with Crippen LogP contribution in [0, 0.1) is 0 Å². The molecule has 1 aromatic carbocycles. The van der Waals surface area contributed by atoms with Gasteiger partial charge in [-0.2, -0.15) is 5.10 Å². The maximum absolute atomic E-state index is 12.2. The van der Waals surface area contributed by atoms with Crippen molar-refractivity contribution in [3.05, 3.63) is 53.9 Å². The van der Waals surface area contributed by atoms with Gasteiger partial charge in [-0.15, -0.1) is 0 Å². The van der Waals surface area contributed by atoms with E-state index in [1.165, 1.54) is 5.56 Å². The number of nitrogens with zero attached hydrogens (tertiary/aromatic N) is 3. The molecule has 2 aliphatic rings. The van der Waals surface area contributed by atoms with Crippen LogP contribution in [0.5, 0.6) is 0 Å². The Labute approximate surface area is 160 Å². The van der Waals surface area contributed by atoms with Crippen molar-refractivity contribution in [2.45, 2.75) is 43.9 Å². The molecule has 2 fully saturated rings. The van der Waals surface area contributed by atoms with Crippen molar-refractivity contribution in [1.82, 2.24) is 20.0 Å². The smallest absolute Gasteiger partial charge is 0.251 e. The molecule has 0 bridgehead atoms. The van der Waals surface area contributed by atoms with Gasteiger partial charge in [0, 0.05) is 50.6 Å². The number of aryl methyl sites for hydroxylation is 1. The van der Waals surface area contributed by atoms with Crippen LogP contribution in [0.1, 0.15) is 41.6 Å². The highest BCUT2D eigenvalue weighted by Gasteiger charge is 2.42. The molecule has 6 heteroatoms. The Balaban J connectivity index is 1.23. The van der Waals surface area contributed by atoms with E-state index in [1.807, 2.05) is 48.3 Å². The molecule has 2 aromatic rings. The van der Waals surface area contributed by atoms with Crippen molar-refractivity contribution in [1.29, 1.82) is 0 Å². The number of hydrogen-bond acceptors (Lipinski definition) is 4. The summed E-state index contributed by atoms with van der Waals surface area (Å²) in [5.41, 5.74) is 1.98. The van der Waals surface area contributed by atoms with Gasteiger partial charge in [0.05, 0.1) is 17.9 Å². The predicted molar refractivity (Wildman–Crippen MR) is 103 cm³/mol. The summed E-state index contributed by atoms with van der Waals surface area (Å²) in [6.45, 7) is 3.66. The summed E-state index contributed by atoms with van der Waals surface area (Å²) in [5, 5.41) is 7.27. The number of benzene rings is 1. The summed E-state index contributed by atoms with van der Waals surface area (Å²) in [6, 6.07) is 9.36. The molecular formula is C21H28N4O2. The molecule has 4 rings (SSSR count). The second-order valence-corrected chi connectivity index (χ2v) is 7.84. The van der Waals surface area contributed by atoms with E-state index >= 15 is 0 Å². The molecule has 2 aliphatic heterocycles. The van der Waals surface area contributed by atoms with Crippen LogP contribution in [0.25, 0.3) is 0 Å². The summed E-state index contributed by atoms with van der Waals surface area (Å²) in [7, 11) is 1.96. The van der Waals surface area contributed by atoms with E-state index in [2.05, 4.69) is 21.5 Å². The maximum Gasteiger partial charge on any atom is 0.251 e. The van der Waals surface area contributed by atoms with Crippen LogP contribution >= 0.6 is 0 Å². The molecule has 3 heterocycles. The third kappa shape index (κ3) is 4.39. The Kier molecular flexibility index (Phi) is 5.27. The Morgan fingerprint density at radius 2 is 2.04 bits per heavy atom. The van der Waals surface area contributed by atoms with E-state index in [0.717, 1.165) is 45.3 Å². The minimum Gasteiger partial charge on any atom is -0.370 e. The van der Waals surface area contributed by atoms with Crippen LogP contribution in [0.3, 0.4) is 0 Å². The number of rotatable bonds is 5. The van der Waals surface area contributed by atoms with Crippen LogP contribution in [0.15, 0.2) is 42.7 Å². The van der Waals surface area contributed by atoms with Crippen molar-refractivity contribution < 1.29 is 9.53 Å². The molecule has 1 spiro atoms. The summed E-state index contributed by atoms with van der Waals surface area (Å²) in [5.74, 6) is -0.0218. The van der Waals surface area contributed by atoms with Gasteiger partial charge >= 0.3 is 0 Å². The second-order valence-electron chi connectivity index (χ2n) is 7.84. The Morgan fingerprint density at radius 3 is 2.74 bits per heavy atom. The molecule has 6 nitrogen and oxygen atoms in total. The SMILES string of the molecule is Cn1cc(CN2CCC3(CCC(CNC(=O)c4ccccc4)O3)CC2)cn1. The fourth-order valence-corrected chi connectivity index (χ4v) is 4.24. The van der Waals surface area contributed by atoms with E-state index in [0.29, 0.717) is 12.1 Å². The van der Waals surface area contributed by atoms with Crippen molar-refractivity contribution in [3.8, 4) is 0 Å². The number of carbonyl (C=O) groups is 1. The molecule has 1 N–H and O–H groups in total. The Hall–Kier alpha value is -2.18. The number of nitrogens with one attached hydrogen (secondary N) is 1. The largest absolute Gasteiger partial charge is 0.370 e. The van der Waals surface area contributed by atoms with Crippen LogP contribution in [0.2, 0.25) is 0 Å². The first-order valence-electron chi connectivity index (χ1n) is 9.83. The fourth-order valence-electron chi connectivity index (χ4n) is 4.24. The summed E-state index contributed by atoms with van der Waals surface area (Å²) < 4.78 is 8.28. The lowest BCUT2D eigenvalue weighted by Gasteiger charge is -2.39. The number of carbonyl (C=O) groups excluding carboxylic acids is 1. The van der Waals surface area contributed by atoms with Gasteiger partial charge in [-0.05, 0) is 37.8 Å². The van der Waals surface area contributed by atoms with Crippen LogP contribution < -0.4 is 5.32 Å². The summed E-state index contributed by atoms with van der Waals surface area (Å²) in [4.78, 5) is 14.7. The van der Waals surface area contributed by atoms with Gasteiger partial charge in [-0.25, -0.2) is 0 Å². The van der Waals surface area contributed by atoms with Gasteiger partial charge in [0.25, 0.3) is 5.91 Å². The first-order chi connectivity index (χ1) is 13.1. The summed E-state index contributed by atoms with van der Waals surface area (Å²) >= 11 is 0. The number of hydrogen-bond donors (Lipinski definition) is 1. The molecule has 144 valence electrons. The highest BCUT2D eigenvalue weighted by molar-refractivity contribution is 5.94. The van der Waals surface area contributed by atoms with E-state index in [4.69, 9.17) is 4.74 Å². The van der Waals surface area contributed by atoms with Gasteiger partial charge in [0.15, 0.2) is 0 Å². The average Bonchev–Trinajstić information content (AvgIpc) is 3.29. The Morgan fingerprint density at radius 1 is 1.26 bits per heavy atom. The minimum absolute atomic E-state index is 0.00752. The van der Waals surface area contributed by atoms with Crippen LogP contribution in [-0.2, 0) is 18.3 Å². The molecule has 1 atom stereocenters. The number of likely N-dealkylation sites (tertiary alicyclic amines) is 1. The zero-order valence-electron chi connectivity index (χ0n) is 15.9. The van der Waals surface area contributed by atoms with E-state index in [1.54, 1.807) is 0 Å². The first kappa shape index (κ1) is 18.2. The lowest BCUT2D eigenvalue weighted by Crippen LogP contribution is -2.44. The van der Waals surface area contributed by atoms with Gasteiger partial charge in [0.2, 0.25) is 0 Å². The highest BCUT2D eigenvalue weighted by atomic mass is 16.5. The minimum atomic E-state index is -0.0218. The lowest BCUT2D eigenvalue weighted by molar-refractivity contribution is -0.0764. The number of ether oxygens (including phenoxy) is 1. The molecule has 0 saturated carbocycles. The van der Waals surface area contributed by atoms with E-state index in [-0.39, 0.29) is 17.6 Å². The molecule has 2 saturated heterocycles. The fraction of sp³-hybridized carbons (Fsp3) is 0.524. The van der Waals surface area contributed by atoms with Crippen molar-refractivity contribution in [3.63, 3.8) is 0 Å². The third-order valence-corrected chi connectivity index (χ3v) is 5.80. The molecule has 1 aromatic heterocycles. The van der Waals surface area contributed by atoms with E-state index < -0.39 is 0 Å². The van der Waals surface area contributed by atoms with Crippen molar-refractivity contribution in [2.24, 2.45) is 7.05 Å². The Bertz CT molecular complexity index is 765. The lowest BCUT2D eigenvalue weighted by atomic mass is 9.88. The van der Waals surface area contributed by atoms with Crippen molar-refractivity contribution in [2.75, 3.05) is 19.6 Å². The second kappa shape index (κ2) is 7.82. The topological polar surface area (TPSA) is 59.4 Å². The predicted octanol–water partition coefficient (Wildman–Crippen LogP) is 2.36. The highest BCUT2D eigenvalue weighted by Crippen LogP contribution is 2.39.